The van der Waals surface area contributed by atoms with E-state index >= 15 is 0 Å². The molecule has 3 rings (SSSR count). The first-order valence-corrected chi connectivity index (χ1v) is 14.7. The van der Waals surface area contributed by atoms with E-state index in [0.717, 1.165) is 25.7 Å². The van der Waals surface area contributed by atoms with Gasteiger partial charge in [0.15, 0.2) is 0 Å². The summed E-state index contributed by atoms with van der Waals surface area (Å²) in [5.74, 6) is -0.446. The topological polar surface area (TPSA) is 116 Å². The maximum Gasteiger partial charge on any atom is 0.524 e. The first kappa shape index (κ1) is 30.4. The van der Waals surface area contributed by atoms with Crippen molar-refractivity contribution in [1.82, 2.24) is 10.2 Å². The molecule has 1 saturated heterocycles. The summed E-state index contributed by atoms with van der Waals surface area (Å²) in [5.41, 5.74) is 2.10. The molecule has 9 heteroatoms. The summed E-state index contributed by atoms with van der Waals surface area (Å²) in [5, 5.41) is 2.93. The number of likely N-dealkylation sites (tertiary alicyclic amines) is 1. The van der Waals surface area contributed by atoms with Crippen molar-refractivity contribution in [3.05, 3.63) is 84.0 Å². The molecular formula is C30H39N2O6P. The molecule has 210 valence electrons. The van der Waals surface area contributed by atoms with E-state index in [2.05, 4.69) is 34.1 Å². The van der Waals surface area contributed by atoms with Crippen molar-refractivity contribution in [2.45, 2.75) is 65.5 Å². The van der Waals surface area contributed by atoms with Gasteiger partial charge in [-0.15, -0.1) is 0 Å². The van der Waals surface area contributed by atoms with E-state index in [0.29, 0.717) is 17.7 Å². The minimum atomic E-state index is -4.64. The van der Waals surface area contributed by atoms with Crippen LogP contribution in [0.15, 0.2) is 72.8 Å². The second-order valence-corrected chi connectivity index (χ2v) is 12.1. The highest BCUT2D eigenvalue weighted by atomic mass is 31.2. The number of carbonyl (C=O) groups excluding carboxylic acids is 2. The van der Waals surface area contributed by atoms with E-state index in [1.54, 1.807) is 19.1 Å². The minimum Gasteiger partial charge on any atom is -0.404 e. The highest BCUT2D eigenvalue weighted by molar-refractivity contribution is 7.46. The molecule has 2 amide bonds. The first-order valence-electron chi connectivity index (χ1n) is 13.2. The molecule has 2 aromatic carbocycles. The summed E-state index contributed by atoms with van der Waals surface area (Å²) in [6.45, 7) is 8.22. The lowest BCUT2D eigenvalue weighted by molar-refractivity contribution is -0.138. The third kappa shape index (κ3) is 9.50. The van der Waals surface area contributed by atoms with Gasteiger partial charge in [0.1, 0.15) is 11.8 Å². The highest BCUT2D eigenvalue weighted by Gasteiger charge is 2.38. The van der Waals surface area contributed by atoms with Crippen molar-refractivity contribution in [1.29, 1.82) is 0 Å². The van der Waals surface area contributed by atoms with Crippen molar-refractivity contribution < 1.29 is 28.5 Å². The van der Waals surface area contributed by atoms with Gasteiger partial charge in [-0.1, -0.05) is 75.4 Å². The van der Waals surface area contributed by atoms with Gasteiger partial charge in [0.25, 0.3) is 0 Å². The Labute approximate surface area is 231 Å². The van der Waals surface area contributed by atoms with Crippen LogP contribution in [0, 0.1) is 5.41 Å². The van der Waals surface area contributed by atoms with Gasteiger partial charge in [0.05, 0.1) is 6.04 Å². The van der Waals surface area contributed by atoms with Crippen LogP contribution in [0.2, 0.25) is 0 Å². The van der Waals surface area contributed by atoms with Crippen molar-refractivity contribution in [3.63, 3.8) is 0 Å². The number of benzene rings is 2. The van der Waals surface area contributed by atoms with Gasteiger partial charge < -0.3 is 14.7 Å². The summed E-state index contributed by atoms with van der Waals surface area (Å²) in [6.07, 6.45) is 9.37. The van der Waals surface area contributed by atoms with Crippen LogP contribution in [0.25, 0.3) is 5.57 Å². The molecule has 2 atom stereocenters. The second kappa shape index (κ2) is 13.2. The number of allylic oxidation sites excluding steroid dienone is 2. The molecule has 39 heavy (non-hydrogen) atoms. The normalized spacial score (nSPS) is 17.3. The second-order valence-electron chi connectivity index (χ2n) is 10.9. The Bertz CT molecular complexity index is 1230. The van der Waals surface area contributed by atoms with Gasteiger partial charge in [-0.2, -0.15) is 0 Å². The van der Waals surface area contributed by atoms with Crippen LogP contribution in [-0.2, 0) is 20.6 Å². The van der Waals surface area contributed by atoms with Crippen LogP contribution >= 0.6 is 7.82 Å². The Kier molecular flexibility index (Phi) is 10.3. The lowest BCUT2D eigenvalue weighted by atomic mass is 9.85. The third-order valence-corrected chi connectivity index (χ3v) is 7.11. The molecule has 8 nitrogen and oxygen atoms in total. The molecule has 1 unspecified atom stereocenters. The van der Waals surface area contributed by atoms with Crippen LogP contribution in [0.5, 0.6) is 5.75 Å². The van der Waals surface area contributed by atoms with Crippen molar-refractivity contribution in [3.8, 4) is 5.75 Å². The van der Waals surface area contributed by atoms with Crippen LogP contribution in [0.4, 0.5) is 0 Å². The molecule has 3 N–H and O–H groups in total. The van der Waals surface area contributed by atoms with E-state index in [9.17, 15) is 14.2 Å². The van der Waals surface area contributed by atoms with Gasteiger partial charge >= 0.3 is 7.82 Å². The Morgan fingerprint density at radius 2 is 1.79 bits per heavy atom. The number of nitrogens with one attached hydrogen (secondary N) is 1. The van der Waals surface area contributed by atoms with Crippen molar-refractivity contribution in [2.75, 3.05) is 6.54 Å². The van der Waals surface area contributed by atoms with E-state index < -0.39 is 19.3 Å². The number of nitrogens with zero attached hydrogens (tertiary/aromatic N) is 1. The minimum absolute atomic E-state index is 0.0150. The molecule has 0 spiro atoms. The monoisotopic (exact) mass is 554 g/mol. The van der Waals surface area contributed by atoms with E-state index in [1.165, 1.54) is 23.8 Å². The summed E-state index contributed by atoms with van der Waals surface area (Å²) in [4.78, 5) is 46.4. The maximum absolute atomic E-state index is 13.7. The SMILES string of the molecule is C/C(=C\C(=O)N[C@H](C(=O)N1CCCC1/C=C/CCc1ccccc1)C(C)(C)C)c1ccc(OP(=O)(O)O)cc1. The zero-order chi connectivity index (χ0) is 28.6. The average Bonchev–Trinajstić information content (AvgIpc) is 3.33. The first-order chi connectivity index (χ1) is 18.3. The Morgan fingerprint density at radius 3 is 2.41 bits per heavy atom. The van der Waals surface area contributed by atoms with E-state index in [4.69, 9.17) is 9.79 Å². The van der Waals surface area contributed by atoms with Gasteiger partial charge in [-0.3, -0.25) is 19.4 Å². The van der Waals surface area contributed by atoms with Gasteiger partial charge in [-0.05, 0) is 66.9 Å². The number of phosphoric acid groups is 1. The summed E-state index contributed by atoms with van der Waals surface area (Å²) < 4.78 is 15.6. The standard InChI is InChI=1S/C30H39N2O6P/c1-22(24-16-18-26(19-17-24)38-39(35,36)37)21-27(33)31-28(30(2,3)4)29(34)32-20-10-15-25(32)14-9-8-13-23-11-6-5-7-12-23/h5-7,9,11-12,14,16-19,21,25,28H,8,10,13,15,20H2,1-4H3,(H,31,33)(H2,35,36,37)/b14-9+,22-21+/t25?,28-/m1/s1. The van der Waals surface area contributed by atoms with Crippen LogP contribution in [0.1, 0.15) is 58.1 Å². The molecule has 0 aromatic heterocycles. The highest BCUT2D eigenvalue weighted by Crippen LogP contribution is 2.37. The fourth-order valence-corrected chi connectivity index (χ4v) is 5.00. The van der Waals surface area contributed by atoms with Gasteiger partial charge in [-0.25, -0.2) is 4.57 Å². The Morgan fingerprint density at radius 1 is 1.13 bits per heavy atom. The van der Waals surface area contributed by atoms with Gasteiger partial charge in [0.2, 0.25) is 11.8 Å². The Balaban J connectivity index is 1.65. The van der Waals surface area contributed by atoms with Crippen LogP contribution < -0.4 is 9.84 Å². The Hall–Kier alpha value is -3.19. The zero-order valence-electron chi connectivity index (χ0n) is 23.0. The predicted molar refractivity (Wildman–Crippen MR) is 153 cm³/mol. The molecule has 1 aliphatic rings. The van der Waals surface area contributed by atoms with Crippen molar-refractivity contribution >= 4 is 25.2 Å². The van der Waals surface area contributed by atoms with E-state index in [1.807, 2.05) is 43.9 Å². The van der Waals surface area contributed by atoms with E-state index in [-0.39, 0.29) is 23.6 Å². The number of phosphoric ester groups is 1. The summed E-state index contributed by atoms with van der Waals surface area (Å²) >= 11 is 0. The fourth-order valence-electron chi connectivity index (χ4n) is 4.61. The molecule has 1 heterocycles. The quantitative estimate of drug-likeness (QED) is 0.209. The number of rotatable bonds is 10. The maximum atomic E-state index is 13.7. The number of carbonyl (C=O) groups is 2. The molecule has 2 aromatic rings. The van der Waals surface area contributed by atoms with Crippen LogP contribution in [0.3, 0.4) is 0 Å². The summed E-state index contributed by atoms with van der Waals surface area (Å²) in [7, 11) is -4.64. The fraction of sp³-hybridized carbons (Fsp3) is 0.400. The largest absolute Gasteiger partial charge is 0.524 e. The molecule has 1 fully saturated rings. The number of aryl methyl sites for hydroxylation is 1. The third-order valence-electron chi connectivity index (χ3n) is 6.66. The molecule has 0 aliphatic carbocycles. The number of hydrogen-bond acceptors (Lipinski definition) is 4. The predicted octanol–water partition coefficient (Wildman–Crippen LogP) is 5.27. The number of amides is 2. The summed E-state index contributed by atoms with van der Waals surface area (Å²) in [6, 6.07) is 15.7. The number of hydrogen-bond donors (Lipinski definition) is 3. The molecule has 0 bridgehead atoms. The van der Waals surface area contributed by atoms with Gasteiger partial charge in [0, 0.05) is 12.6 Å². The smallest absolute Gasteiger partial charge is 0.404 e. The molecular weight excluding hydrogens is 515 g/mol. The molecule has 0 radical (unpaired) electrons. The lowest BCUT2D eigenvalue weighted by Crippen LogP contribution is -2.55. The van der Waals surface area contributed by atoms with Crippen LogP contribution in [-0.4, -0.2) is 45.1 Å². The zero-order valence-corrected chi connectivity index (χ0v) is 23.9. The van der Waals surface area contributed by atoms with Crippen molar-refractivity contribution in [2.24, 2.45) is 5.41 Å². The molecule has 1 aliphatic heterocycles. The lowest BCUT2D eigenvalue weighted by Gasteiger charge is -2.35. The molecule has 0 saturated carbocycles. The average molecular weight is 555 g/mol.